The van der Waals surface area contributed by atoms with Crippen molar-refractivity contribution in [1.29, 1.82) is 0 Å². The van der Waals surface area contributed by atoms with Crippen molar-refractivity contribution in [3.8, 4) is 5.69 Å². The summed E-state index contributed by atoms with van der Waals surface area (Å²) >= 11 is 4.93. The van der Waals surface area contributed by atoms with Crippen LogP contribution in [0.4, 0.5) is 5.82 Å². The second-order valence-electron chi connectivity index (χ2n) is 6.52. The van der Waals surface area contributed by atoms with Crippen LogP contribution in [-0.2, 0) is 11.2 Å². The van der Waals surface area contributed by atoms with Crippen LogP contribution in [-0.4, -0.2) is 21.5 Å². The number of aryl methyl sites for hydroxylation is 2. The molecule has 0 bridgehead atoms. The number of nitrogens with zero attached hydrogens (tertiary/aromatic N) is 2. The van der Waals surface area contributed by atoms with Crippen molar-refractivity contribution in [3.05, 3.63) is 61.9 Å². The van der Waals surface area contributed by atoms with Gasteiger partial charge < -0.3 is 5.32 Å². The number of aromatic nitrogens is 2. The Balaban J connectivity index is 1.79. The largest absolute Gasteiger partial charge is 0.310 e. The fourth-order valence-corrected chi connectivity index (χ4v) is 4.62. The molecule has 138 valence electrons. The Labute approximate surface area is 169 Å². The SMILES string of the molecule is CCc1ccc(C(=O)[C@H]2CC(=O)Nc3c2c(C)nn3-c2ccc(Br)cc2)s1. The Morgan fingerprint density at radius 1 is 1.30 bits per heavy atom. The van der Waals surface area contributed by atoms with Gasteiger partial charge in [0, 0.05) is 21.3 Å². The van der Waals surface area contributed by atoms with Gasteiger partial charge in [0.05, 0.1) is 22.2 Å². The van der Waals surface area contributed by atoms with Gasteiger partial charge in [-0.05, 0) is 49.7 Å². The second kappa shape index (κ2) is 7.05. The molecule has 27 heavy (non-hydrogen) atoms. The molecular weight excluding hydrogens is 426 g/mol. The van der Waals surface area contributed by atoms with E-state index in [1.807, 2.05) is 43.3 Å². The maximum absolute atomic E-state index is 13.2. The molecule has 0 saturated carbocycles. The highest BCUT2D eigenvalue weighted by Crippen LogP contribution is 2.39. The third kappa shape index (κ3) is 3.26. The van der Waals surface area contributed by atoms with E-state index in [0.717, 1.165) is 27.8 Å². The quantitative estimate of drug-likeness (QED) is 0.584. The Hall–Kier alpha value is -2.25. The molecule has 0 spiro atoms. The molecule has 0 fully saturated rings. The van der Waals surface area contributed by atoms with Crippen LogP contribution in [0.5, 0.6) is 0 Å². The van der Waals surface area contributed by atoms with Crippen molar-refractivity contribution in [3.63, 3.8) is 0 Å². The molecule has 7 heteroatoms. The zero-order valence-corrected chi connectivity index (χ0v) is 17.4. The number of carbonyl (C=O) groups is 2. The van der Waals surface area contributed by atoms with Crippen LogP contribution in [0.1, 0.15) is 45.1 Å². The van der Waals surface area contributed by atoms with Crippen molar-refractivity contribution in [2.45, 2.75) is 32.6 Å². The average Bonchev–Trinajstić information content (AvgIpc) is 3.26. The lowest BCUT2D eigenvalue weighted by atomic mass is 9.87. The van der Waals surface area contributed by atoms with Crippen molar-refractivity contribution >= 4 is 44.8 Å². The molecule has 1 atom stereocenters. The second-order valence-corrected chi connectivity index (χ2v) is 8.61. The summed E-state index contributed by atoms with van der Waals surface area (Å²) < 4.78 is 2.67. The van der Waals surface area contributed by atoms with Gasteiger partial charge in [-0.1, -0.05) is 22.9 Å². The van der Waals surface area contributed by atoms with Gasteiger partial charge >= 0.3 is 0 Å². The van der Waals surface area contributed by atoms with E-state index in [0.29, 0.717) is 10.7 Å². The number of hydrogen-bond acceptors (Lipinski definition) is 4. The molecule has 0 aliphatic carbocycles. The van der Waals surface area contributed by atoms with Crippen LogP contribution in [0.3, 0.4) is 0 Å². The molecule has 1 N–H and O–H groups in total. The van der Waals surface area contributed by atoms with Gasteiger partial charge in [0.2, 0.25) is 5.91 Å². The van der Waals surface area contributed by atoms with Gasteiger partial charge in [-0.25, -0.2) is 4.68 Å². The first-order valence-electron chi connectivity index (χ1n) is 8.76. The highest BCUT2D eigenvalue weighted by atomic mass is 79.9. The lowest BCUT2D eigenvalue weighted by molar-refractivity contribution is -0.116. The molecule has 3 heterocycles. The van der Waals surface area contributed by atoms with E-state index in [9.17, 15) is 9.59 Å². The minimum Gasteiger partial charge on any atom is -0.310 e. The maximum atomic E-state index is 13.2. The Bertz CT molecular complexity index is 1040. The smallest absolute Gasteiger partial charge is 0.226 e. The predicted molar refractivity (Wildman–Crippen MR) is 110 cm³/mol. The zero-order valence-electron chi connectivity index (χ0n) is 15.0. The van der Waals surface area contributed by atoms with Crippen LogP contribution in [0, 0.1) is 6.92 Å². The minimum atomic E-state index is -0.499. The first kappa shape index (κ1) is 18.1. The lowest BCUT2D eigenvalue weighted by Gasteiger charge is -2.22. The van der Waals surface area contributed by atoms with Gasteiger partial charge in [0.1, 0.15) is 5.82 Å². The van der Waals surface area contributed by atoms with Gasteiger partial charge in [-0.15, -0.1) is 11.3 Å². The van der Waals surface area contributed by atoms with Crippen molar-refractivity contribution < 1.29 is 9.59 Å². The summed E-state index contributed by atoms with van der Waals surface area (Å²) in [5, 5.41) is 7.53. The summed E-state index contributed by atoms with van der Waals surface area (Å²) in [7, 11) is 0. The summed E-state index contributed by atoms with van der Waals surface area (Å²) in [4.78, 5) is 27.4. The standard InChI is InChI=1S/C20H18BrN3O2S/c1-3-14-8-9-16(27-14)19(26)15-10-17(25)22-20-18(15)11(2)23-24(20)13-6-4-12(21)5-7-13/h4-9,15H,3,10H2,1-2H3,(H,22,25)/t15-/m0/s1. The maximum Gasteiger partial charge on any atom is 0.226 e. The molecule has 0 radical (unpaired) electrons. The van der Waals surface area contributed by atoms with Gasteiger partial charge in [0.15, 0.2) is 5.78 Å². The van der Waals surface area contributed by atoms with E-state index in [-0.39, 0.29) is 18.1 Å². The van der Waals surface area contributed by atoms with E-state index >= 15 is 0 Å². The molecule has 2 aromatic heterocycles. The van der Waals surface area contributed by atoms with E-state index in [1.165, 1.54) is 16.2 Å². The summed E-state index contributed by atoms with van der Waals surface area (Å²) in [5.41, 5.74) is 2.41. The molecule has 3 aromatic rings. The first-order valence-corrected chi connectivity index (χ1v) is 10.4. The molecule has 1 aromatic carbocycles. The fraction of sp³-hybridized carbons (Fsp3) is 0.250. The number of carbonyl (C=O) groups excluding carboxylic acids is 2. The molecule has 4 rings (SSSR count). The van der Waals surface area contributed by atoms with E-state index in [4.69, 9.17) is 0 Å². The first-order chi connectivity index (χ1) is 13.0. The molecular formula is C20H18BrN3O2S. The monoisotopic (exact) mass is 443 g/mol. The summed E-state index contributed by atoms with van der Waals surface area (Å²) in [6.45, 7) is 3.95. The van der Waals surface area contributed by atoms with Crippen molar-refractivity contribution in [2.24, 2.45) is 0 Å². The topological polar surface area (TPSA) is 64.0 Å². The molecule has 1 aliphatic rings. The summed E-state index contributed by atoms with van der Waals surface area (Å²) in [6, 6.07) is 11.5. The number of benzene rings is 1. The highest BCUT2D eigenvalue weighted by Gasteiger charge is 2.36. The number of Topliss-reactive ketones (excluding diaryl/α,β-unsaturated/α-hetero) is 1. The Morgan fingerprint density at radius 2 is 2.04 bits per heavy atom. The summed E-state index contributed by atoms with van der Waals surface area (Å²) in [5.74, 6) is -0.0707. The number of fused-ring (bicyclic) bond motifs is 1. The van der Waals surface area contributed by atoms with Crippen LogP contribution in [0.25, 0.3) is 5.69 Å². The van der Waals surface area contributed by atoms with E-state index < -0.39 is 5.92 Å². The van der Waals surface area contributed by atoms with Crippen LogP contribution < -0.4 is 5.32 Å². The van der Waals surface area contributed by atoms with Crippen molar-refractivity contribution in [1.82, 2.24) is 9.78 Å². The van der Waals surface area contributed by atoms with Crippen LogP contribution >= 0.6 is 27.3 Å². The molecule has 0 unspecified atom stereocenters. The molecule has 5 nitrogen and oxygen atoms in total. The fourth-order valence-electron chi connectivity index (χ4n) is 3.41. The lowest BCUT2D eigenvalue weighted by Crippen LogP contribution is -2.28. The van der Waals surface area contributed by atoms with Crippen molar-refractivity contribution in [2.75, 3.05) is 5.32 Å². The van der Waals surface area contributed by atoms with Gasteiger partial charge in [-0.3, -0.25) is 9.59 Å². The summed E-state index contributed by atoms with van der Waals surface area (Å²) in [6.07, 6.45) is 1.05. The Kier molecular flexibility index (Phi) is 4.74. The van der Waals surface area contributed by atoms with Gasteiger partial charge in [0.25, 0.3) is 0 Å². The van der Waals surface area contributed by atoms with Crippen LogP contribution in [0.15, 0.2) is 40.9 Å². The number of hydrogen-bond donors (Lipinski definition) is 1. The van der Waals surface area contributed by atoms with Gasteiger partial charge in [-0.2, -0.15) is 5.10 Å². The number of rotatable bonds is 4. The normalized spacial score (nSPS) is 16.1. The number of thiophene rings is 1. The predicted octanol–water partition coefficient (Wildman–Crippen LogP) is 4.88. The van der Waals surface area contributed by atoms with E-state index in [2.05, 4.69) is 33.3 Å². The molecule has 1 amide bonds. The highest BCUT2D eigenvalue weighted by molar-refractivity contribution is 9.10. The average molecular weight is 444 g/mol. The number of anilines is 1. The third-order valence-corrected chi connectivity index (χ3v) is 6.52. The zero-order chi connectivity index (χ0) is 19.1. The number of amides is 1. The Morgan fingerprint density at radius 3 is 2.70 bits per heavy atom. The van der Waals surface area contributed by atoms with Crippen LogP contribution in [0.2, 0.25) is 0 Å². The number of ketones is 1. The number of halogens is 1. The molecule has 0 saturated heterocycles. The third-order valence-electron chi connectivity index (χ3n) is 4.74. The van der Waals surface area contributed by atoms with E-state index in [1.54, 1.807) is 4.68 Å². The molecule has 1 aliphatic heterocycles. The number of nitrogens with one attached hydrogen (secondary N) is 1. The minimum absolute atomic E-state index is 0.00532.